The lowest BCUT2D eigenvalue weighted by Gasteiger charge is -2.17. The van der Waals surface area contributed by atoms with Crippen LogP contribution < -0.4 is 5.32 Å². The van der Waals surface area contributed by atoms with Crippen LogP contribution in [-0.4, -0.2) is 12.8 Å². The molecule has 2 nitrogen and oxygen atoms in total. The van der Waals surface area contributed by atoms with Gasteiger partial charge in [0.05, 0.1) is 12.8 Å². The second-order valence-electron chi connectivity index (χ2n) is 3.74. The molecule has 0 aromatic heterocycles. The van der Waals surface area contributed by atoms with Crippen LogP contribution in [0.2, 0.25) is 0 Å². The first kappa shape index (κ1) is 9.69. The van der Waals surface area contributed by atoms with E-state index in [-0.39, 0.29) is 6.10 Å². The van der Waals surface area contributed by atoms with Crippen molar-refractivity contribution in [2.45, 2.75) is 31.9 Å². The molecule has 14 heavy (non-hydrogen) atoms. The van der Waals surface area contributed by atoms with Gasteiger partial charge in [-0.15, -0.1) is 0 Å². The third-order valence-corrected chi connectivity index (χ3v) is 2.70. The van der Waals surface area contributed by atoms with E-state index in [9.17, 15) is 0 Å². The fraction of sp³-hybridized carbons (Fsp3) is 0.500. The molecule has 1 heterocycles. The maximum absolute atomic E-state index is 5.69. The van der Waals surface area contributed by atoms with E-state index >= 15 is 0 Å². The van der Waals surface area contributed by atoms with Gasteiger partial charge in [0.25, 0.3) is 0 Å². The largest absolute Gasteiger partial charge is 0.357 e. The number of ether oxygens (including phenoxy) is 1. The second kappa shape index (κ2) is 4.58. The third-order valence-electron chi connectivity index (χ3n) is 2.70. The molecule has 2 atom stereocenters. The number of hydrogen-bond donors (Lipinski definition) is 1. The molecule has 76 valence electrons. The van der Waals surface area contributed by atoms with Crippen LogP contribution >= 0.6 is 0 Å². The molecule has 2 rings (SSSR count). The van der Waals surface area contributed by atoms with E-state index in [1.54, 1.807) is 0 Å². The first-order valence-electron chi connectivity index (χ1n) is 5.31. The Bertz CT molecular complexity index is 273. The maximum Gasteiger partial charge on any atom is 0.0996 e. The van der Waals surface area contributed by atoms with Gasteiger partial charge in [-0.3, -0.25) is 5.32 Å². The first-order chi connectivity index (χ1) is 6.92. The summed E-state index contributed by atoms with van der Waals surface area (Å²) in [6, 6.07) is 10.9. The van der Waals surface area contributed by atoms with Crippen LogP contribution in [-0.2, 0) is 4.74 Å². The Labute approximate surface area is 85.3 Å². The van der Waals surface area contributed by atoms with Crippen molar-refractivity contribution in [3.8, 4) is 0 Å². The molecule has 1 aliphatic heterocycles. The SMILES string of the molecule is CCC[C@H]1NCO[C@H]1c1ccccc1. The molecule has 1 aliphatic rings. The van der Waals surface area contributed by atoms with E-state index in [1.807, 2.05) is 6.07 Å². The van der Waals surface area contributed by atoms with Crippen molar-refractivity contribution >= 4 is 0 Å². The monoisotopic (exact) mass is 191 g/mol. The number of benzene rings is 1. The van der Waals surface area contributed by atoms with Gasteiger partial charge in [-0.2, -0.15) is 0 Å². The Balaban J connectivity index is 2.10. The van der Waals surface area contributed by atoms with Crippen molar-refractivity contribution in [2.24, 2.45) is 0 Å². The fourth-order valence-electron chi connectivity index (χ4n) is 2.00. The van der Waals surface area contributed by atoms with Gasteiger partial charge in [0.1, 0.15) is 0 Å². The molecule has 0 unspecified atom stereocenters. The van der Waals surface area contributed by atoms with Crippen molar-refractivity contribution in [2.75, 3.05) is 6.73 Å². The third kappa shape index (κ3) is 1.97. The maximum atomic E-state index is 5.69. The Hall–Kier alpha value is -0.860. The minimum atomic E-state index is 0.246. The molecule has 1 aromatic carbocycles. The molecule has 0 spiro atoms. The minimum absolute atomic E-state index is 0.246. The molecular formula is C12H17NO. The quantitative estimate of drug-likeness (QED) is 0.792. The fourth-order valence-corrected chi connectivity index (χ4v) is 2.00. The molecule has 1 saturated heterocycles. The number of hydrogen-bond acceptors (Lipinski definition) is 2. The van der Waals surface area contributed by atoms with Crippen LogP contribution in [0.25, 0.3) is 0 Å². The summed E-state index contributed by atoms with van der Waals surface area (Å²) in [5.41, 5.74) is 1.29. The molecular weight excluding hydrogens is 174 g/mol. The number of rotatable bonds is 3. The van der Waals surface area contributed by atoms with Gasteiger partial charge < -0.3 is 4.74 Å². The van der Waals surface area contributed by atoms with Gasteiger partial charge in [-0.25, -0.2) is 0 Å². The molecule has 0 aliphatic carbocycles. The molecule has 2 heteroatoms. The molecule has 0 saturated carbocycles. The standard InChI is InChI=1S/C12H17NO/c1-2-6-11-12(14-9-13-11)10-7-4-3-5-8-10/h3-5,7-8,11-13H,2,6,9H2,1H3/t11-,12+/m1/s1. The highest BCUT2D eigenvalue weighted by Gasteiger charge is 2.27. The van der Waals surface area contributed by atoms with E-state index in [1.165, 1.54) is 18.4 Å². The lowest BCUT2D eigenvalue weighted by Crippen LogP contribution is -2.25. The van der Waals surface area contributed by atoms with Crippen molar-refractivity contribution in [3.63, 3.8) is 0 Å². The van der Waals surface area contributed by atoms with Gasteiger partial charge >= 0.3 is 0 Å². The van der Waals surface area contributed by atoms with Crippen molar-refractivity contribution < 1.29 is 4.74 Å². The molecule has 0 radical (unpaired) electrons. The highest BCUT2D eigenvalue weighted by Crippen LogP contribution is 2.27. The summed E-state index contributed by atoms with van der Waals surface area (Å²) in [6.45, 7) is 2.90. The van der Waals surface area contributed by atoms with Crippen molar-refractivity contribution in [1.29, 1.82) is 0 Å². The first-order valence-corrected chi connectivity index (χ1v) is 5.31. The van der Waals surface area contributed by atoms with Gasteiger partial charge in [-0.1, -0.05) is 43.7 Å². The topological polar surface area (TPSA) is 21.3 Å². The summed E-state index contributed by atoms with van der Waals surface area (Å²) in [6.07, 6.45) is 2.63. The lowest BCUT2D eigenvalue weighted by atomic mass is 10.00. The molecule has 0 bridgehead atoms. The molecule has 0 amide bonds. The predicted molar refractivity (Wildman–Crippen MR) is 57.0 cm³/mol. The smallest absolute Gasteiger partial charge is 0.0996 e. The highest BCUT2D eigenvalue weighted by atomic mass is 16.5. The summed E-state index contributed by atoms with van der Waals surface area (Å²) < 4.78 is 5.69. The molecule has 1 aromatic rings. The Morgan fingerprint density at radius 2 is 2.14 bits per heavy atom. The van der Waals surface area contributed by atoms with E-state index in [0.717, 1.165) is 0 Å². The average Bonchev–Trinajstić information content (AvgIpc) is 2.68. The van der Waals surface area contributed by atoms with Gasteiger partial charge in [-0.05, 0) is 12.0 Å². The van der Waals surface area contributed by atoms with E-state index < -0.39 is 0 Å². The second-order valence-corrected chi connectivity index (χ2v) is 3.74. The summed E-state index contributed by atoms with van der Waals surface area (Å²) in [5.74, 6) is 0. The van der Waals surface area contributed by atoms with Gasteiger partial charge in [0.15, 0.2) is 0 Å². The Morgan fingerprint density at radius 1 is 1.36 bits per heavy atom. The minimum Gasteiger partial charge on any atom is -0.357 e. The Kier molecular flexibility index (Phi) is 3.17. The van der Waals surface area contributed by atoms with Crippen LogP contribution in [0, 0.1) is 0 Å². The Morgan fingerprint density at radius 3 is 2.86 bits per heavy atom. The lowest BCUT2D eigenvalue weighted by molar-refractivity contribution is 0.102. The van der Waals surface area contributed by atoms with Crippen LogP contribution in [0.5, 0.6) is 0 Å². The van der Waals surface area contributed by atoms with Crippen LogP contribution in [0.15, 0.2) is 30.3 Å². The highest BCUT2D eigenvalue weighted by molar-refractivity contribution is 5.19. The summed E-state index contributed by atoms with van der Waals surface area (Å²) in [5, 5.41) is 3.38. The predicted octanol–water partition coefficient (Wildman–Crippen LogP) is 2.47. The summed E-state index contributed by atoms with van der Waals surface area (Å²) in [7, 11) is 0. The van der Waals surface area contributed by atoms with E-state index in [4.69, 9.17) is 4.74 Å². The van der Waals surface area contributed by atoms with Crippen LogP contribution in [0.3, 0.4) is 0 Å². The van der Waals surface area contributed by atoms with E-state index in [2.05, 4.69) is 36.5 Å². The van der Waals surface area contributed by atoms with Crippen LogP contribution in [0.4, 0.5) is 0 Å². The summed E-state index contributed by atoms with van der Waals surface area (Å²) >= 11 is 0. The average molecular weight is 191 g/mol. The van der Waals surface area contributed by atoms with Gasteiger partial charge in [0.2, 0.25) is 0 Å². The van der Waals surface area contributed by atoms with E-state index in [0.29, 0.717) is 12.8 Å². The zero-order valence-electron chi connectivity index (χ0n) is 8.57. The van der Waals surface area contributed by atoms with Crippen LogP contribution in [0.1, 0.15) is 31.4 Å². The molecule has 1 N–H and O–H groups in total. The zero-order chi connectivity index (χ0) is 9.80. The normalized spacial score (nSPS) is 26.6. The van der Waals surface area contributed by atoms with Crippen molar-refractivity contribution in [3.05, 3.63) is 35.9 Å². The van der Waals surface area contributed by atoms with Gasteiger partial charge in [0, 0.05) is 6.04 Å². The number of nitrogens with one attached hydrogen (secondary N) is 1. The zero-order valence-corrected chi connectivity index (χ0v) is 8.57. The van der Waals surface area contributed by atoms with Crippen molar-refractivity contribution in [1.82, 2.24) is 5.32 Å². The molecule has 1 fully saturated rings. The summed E-state index contributed by atoms with van der Waals surface area (Å²) in [4.78, 5) is 0.